The molecule has 214 valence electrons. The number of rotatable bonds is 6. The van der Waals surface area contributed by atoms with Gasteiger partial charge < -0.3 is 10.4 Å². The Morgan fingerprint density at radius 3 is 2.60 bits per heavy atom. The summed E-state index contributed by atoms with van der Waals surface area (Å²) in [6.07, 6.45) is 3.20. The molecule has 3 aromatic carbocycles. The molecule has 5 rings (SSSR count). The van der Waals surface area contributed by atoms with Crippen LogP contribution in [0.3, 0.4) is 0 Å². The normalized spacial score (nSPS) is 15.1. The second-order valence-electron chi connectivity index (χ2n) is 10.3. The first-order valence-electron chi connectivity index (χ1n) is 13.6. The summed E-state index contributed by atoms with van der Waals surface area (Å²) in [5, 5.41) is 11.7. The maximum absolute atomic E-state index is 14.6. The van der Waals surface area contributed by atoms with Crippen molar-refractivity contribution in [2.75, 3.05) is 5.32 Å². The van der Waals surface area contributed by atoms with Gasteiger partial charge in [-0.15, -0.1) is 0 Å². The van der Waals surface area contributed by atoms with Crippen molar-refractivity contribution in [2.45, 2.75) is 44.4 Å². The van der Waals surface area contributed by atoms with Gasteiger partial charge in [-0.05, 0) is 53.8 Å². The molecule has 0 aliphatic carbocycles. The summed E-state index contributed by atoms with van der Waals surface area (Å²) < 4.78 is 29.1. The van der Waals surface area contributed by atoms with Crippen LogP contribution in [0.1, 0.15) is 54.8 Å². The van der Waals surface area contributed by atoms with Crippen LogP contribution in [0.2, 0.25) is 5.02 Å². The van der Waals surface area contributed by atoms with Gasteiger partial charge in [0.1, 0.15) is 18.0 Å². The van der Waals surface area contributed by atoms with E-state index in [-0.39, 0.29) is 34.4 Å². The number of nitrogens with one attached hydrogen (secondary N) is 1. The highest BCUT2D eigenvalue weighted by Crippen LogP contribution is 2.37. The van der Waals surface area contributed by atoms with Gasteiger partial charge in [0.2, 0.25) is 5.91 Å². The Labute approximate surface area is 246 Å². The average molecular weight is 589 g/mol. The van der Waals surface area contributed by atoms with Crippen molar-refractivity contribution >= 4 is 34.9 Å². The number of aliphatic carboxylic acids is 1. The van der Waals surface area contributed by atoms with Gasteiger partial charge in [0.15, 0.2) is 5.82 Å². The molecule has 0 saturated carbocycles. The lowest BCUT2D eigenvalue weighted by Gasteiger charge is -2.21. The third kappa shape index (κ3) is 6.55. The number of anilines is 1. The van der Waals surface area contributed by atoms with E-state index in [1.165, 1.54) is 12.3 Å². The van der Waals surface area contributed by atoms with Crippen LogP contribution >= 0.6 is 11.6 Å². The highest BCUT2D eigenvalue weighted by molar-refractivity contribution is 6.31. The van der Waals surface area contributed by atoms with Crippen molar-refractivity contribution in [3.63, 3.8) is 0 Å². The maximum Gasteiger partial charge on any atom is 0.310 e. The molecule has 0 fully saturated rings. The van der Waals surface area contributed by atoms with Crippen LogP contribution in [0.25, 0.3) is 22.3 Å². The first-order chi connectivity index (χ1) is 20.2. The number of nitrogens with zero attached hydrogens (tertiary/aromatic N) is 1. The second kappa shape index (κ2) is 12.6. The fourth-order valence-electron chi connectivity index (χ4n) is 5.32. The summed E-state index contributed by atoms with van der Waals surface area (Å²) in [6, 6.07) is 18.9. The molecule has 1 atom stereocenters. The number of fused-ring (bicyclic) bond motifs is 4. The number of amides is 1. The molecular weight excluding hydrogens is 562 g/mol. The van der Waals surface area contributed by atoms with Crippen LogP contribution < -0.4 is 5.32 Å². The molecule has 0 spiro atoms. The smallest absolute Gasteiger partial charge is 0.310 e. The van der Waals surface area contributed by atoms with Crippen LogP contribution in [0, 0.1) is 11.6 Å². The highest BCUT2D eigenvalue weighted by atomic mass is 35.5. The minimum atomic E-state index is -1.18. The first-order valence-corrected chi connectivity index (χ1v) is 13.9. The zero-order chi connectivity index (χ0) is 29.8. The molecule has 1 aromatic heterocycles. The first kappa shape index (κ1) is 29.1. The van der Waals surface area contributed by atoms with Crippen molar-refractivity contribution in [1.29, 1.82) is 0 Å². The van der Waals surface area contributed by atoms with E-state index in [1.54, 1.807) is 24.3 Å². The molecule has 1 amide bonds. The van der Waals surface area contributed by atoms with Crippen molar-refractivity contribution in [1.82, 2.24) is 4.98 Å². The molecular formula is C33H27ClF2N2O4. The van der Waals surface area contributed by atoms with Gasteiger partial charge in [0.05, 0.1) is 10.6 Å². The summed E-state index contributed by atoms with van der Waals surface area (Å²) in [4.78, 5) is 40.5. The summed E-state index contributed by atoms with van der Waals surface area (Å²) in [7, 11) is 0. The molecule has 0 radical (unpaired) electrons. The van der Waals surface area contributed by atoms with Crippen LogP contribution in [0.4, 0.5) is 14.5 Å². The number of carbonyl (C=O) groups excluding carboxylic acids is 2. The number of pyridine rings is 1. The molecule has 4 aromatic rings. The summed E-state index contributed by atoms with van der Waals surface area (Å²) >= 11 is 5.88. The molecule has 2 N–H and O–H groups in total. The lowest BCUT2D eigenvalue weighted by molar-refractivity contribution is -0.140. The fraction of sp³-hybridized carbons (Fsp3) is 0.212. The number of carboxylic acids is 1. The summed E-state index contributed by atoms with van der Waals surface area (Å²) in [5.41, 5.74) is 4.53. The van der Waals surface area contributed by atoms with Crippen LogP contribution in [-0.4, -0.2) is 27.8 Å². The highest BCUT2D eigenvalue weighted by Gasteiger charge is 2.21. The zero-order valence-electron chi connectivity index (χ0n) is 22.5. The number of aromatic nitrogens is 1. The van der Waals surface area contributed by atoms with E-state index >= 15 is 0 Å². The van der Waals surface area contributed by atoms with Crippen LogP contribution in [0.15, 0.2) is 72.9 Å². The third-order valence-corrected chi connectivity index (χ3v) is 7.62. The fourth-order valence-corrected chi connectivity index (χ4v) is 5.48. The van der Waals surface area contributed by atoms with E-state index < -0.39 is 29.8 Å². The minimum absolute atomic E-state index is 0.0534. The minimum Gasteiger partial charge on any atom is -0.481 e. The maximum atomic E-state index is 14.6. The van der Waals surface area contributed by atoms with E-state index in [2.05, 4.69) is 10.3 Å². The van der Waals surface area contributed by atoms with Crippen molar-refractivity contribution in [3.8, 4) is 22.3 Å². The van der Waals surface area contributed by atoms with E-state index in [0.29, 0.717) is 30.5 Å². The van der Waals surface area contributed by atoms with Crippen LogP contribution in [0.5, 0.6) is 0 Å². The molecule has 0 saturated heterocycles. The standard InChI is InChI=1S/C33H27ClF2N2O4/c34-26-11-12-27(35)32(33(26)36)22-9-13-28(37-18-22)24-6-1-2-7-30(40)38-29-15-19(14-23(39)17-31(41)42)8-10-25(29)21-5-3-4-20(24)16-21/h3-5,8-13,15-16,18,24H,1-2,6-7,14,17H2,(H,38,40)(H,41,42). The quantitative estimate of drug-likeness (QED) is 0.179. The Balaban J connectivity index is 1.51. The number of benzene rings is 3. The average Bonchev–Trinajstić information content (AvgIpc) is 2.95. The lowest BCUT2D eigenvalue weighted by atomic mass is 9.87. The van der Waals surface area contributed by atoms with Gasteiger partial charge in [-0.3, -0.25) is 19.4 Å². The molecule has 9 heteroatoms. The van der Waals surface area contributed by atoms with E-state index in [0.717, 1.165) is 34.9 Å². The van der Waals surface area contributed by atoms with Crippen molar-refractivity contribution < 1.29 is 28.3 Å². The Kier molecular flexibility index (Phi) is 8.73. The molecule has 2 heterocycles. The lowest BCUT2D eigenvalue weighted by Crippen LogP contribution is -2.14. The molecule has 1 aliphatic rings. The molecule has 1 unspecified atom stereocenters. The number of hydrogen-bond donors (Lipinski definition) is 2. The van der Waals surface area contributed by atoms with Gasteiger partial charge in [-0.25, -0.2) is 8.78 Å². The van der Waals surface area contributed by atoms with E-state index in [1.807, 2.05) is 30.3 Å². The second-order valence-corrected chi connectivity index (χ2v) is 10.7. The van der Waals surface area contributed by atoms with Gasteiger partial charge in [0, 0.05) is 47.5 Å². The topological polar surface area (TPSA) is 96.4 Å². The van der Waals surface area contributed by atoms with Crippen molar-refractivity contribution in [2.24, 2.45) is 0 Å². The van der Waals surface area contributed by atoms with E-state index in [9.17, 15) is 23.2 Å². The van der Waals surface area contributed by atoms with Crippen molar-refractivity contribution in [3.05, 3.63) is 106 Å². The Hall–Kier alpha value is -4.43. The molecule has 6 nitrogen and oxygen atoms in total. The number of carbonyl (C=O) groups is 3. The van der Waals surface area contributed by atoms with Gasteiger partial charge in [-0.2, -0.15) is 0 Å². The SMILES string of the molecule is O=C(O)CC(=O)Cc1ccc2c(c1)NC(=O)CCCCC(c1ccc(-c3c(F)ccc(Cl)c3F)cn1)c1cccc-2c1. The molecule has 42 heavy (non-hydrogen) atoms. The predicted molar refractivity (Wildman–Crippen MR) is 156 cm³/mol. The number of carboxylic acid groups (broad SMARTS) is 1. The Bertz CT molecular complexity index is 1670. The largest absolute Gasteiger partial charge is 0.481 e. The van der Waals surface area contributed by atoms with Crippen LogP contribution in [-0.2, 0) is 20.8 Å². The summed E-state index contributed by atoms with van der Waals surface area (Å²) in [5.74, 6) is -3.46. The van der Waals surface area contributed by atoms with Gasteiger partial charge in [0.25, 0.3) is 0 Å². The summed E-state index contributed by atoms with van der Waals surface area (Å²) in [6.45, 7) is 0. The number of halogens is 3. The van der Waals surface area contributed by atoms with Gasteiger partial charge >= 0.3 is 5.97 Å². The number of Topliss-reactive ketones (excluding diaryl/α,β-unsaturated/α-hetero) is 1. The zero-order valence-corrected chi connectivity index (χ0v) is 23.3. The predicted octanol–water partition coefficient (Wildman–Crippen LogP) is 7.58. The number of ketones is 1. The Morgan fingerprint density at radius 1 is 1.00 bits per heavy atom. The monoisotopic (exact) mass is 588 g/mol. The number of hydrogen-bond acceptors (Lipinski definition) is 4. The Morgan fingerprint density at radius 2 is 1.83 bits per heavy atom. The van der Waals surface area contributed by atoms with E-state index in [4.69, 9.17) is 16.7 Å². The molecule has 2 bridgehead atoms. The molecule has 1 aliphatic heterocycles. The third-order valence-electron chi connectivity index (χ3n) is 7.33. The van der Waals surface area contributed by atoms with Gasteiger partial charge in [-0.1, -0.05) is 60.5 Å².